The predicted molar refractivity (Wildman–Crippen MR) is 191 cm³/mol. The average molecular weight is 563 g/mol. The van der Waals surface area contributed by atoms with Crippen LogP contribution in [0, 0.1) is 0 Å². The van der Waals surface area contributed by atoms with Crippen LogP contribution in [0.15, 0.2) is 152 Å². The quantitative estimate of drug-likeness (QED) is 0.188. The molecule has 0 fully saturated rings. The van der Waals surface area contributed by atoms with E-state index in [1.54, 1.807) is 0 Å². The first kappa shape index (κ1) is 26.4. The summed E-state index contributed by atoms with van der Waals surface area (Å²) < 4.78 is 0. The monoisotopic (exact) mass is 562 g/mol. The van der Waals surface area contributed by atoms with Gasteiger partial charge in [-0.1, -0.05) is 148 Å². The zero-order valence-corrected chi connectivity index (χ0v) is 25.4. The van der Waals surface area contributed by atoms with Gasteiger partial charge in [-0.3, -0.25) is 0 Å². The maximum atomic E-state index is 2.45. The first-order valence-corrected chi connectivity index (χ1v) is 15.5. The molecular weight excluding hydrogens is 528 g/mol. The Morgan fingerprint density at radius 2 is 0.795 bits per heavy atom. The molecule has 0 aromatic heterocycles. The lowest BCUT2D eigenvalue weighted by Gasteiger charge is -2.23. The Morgan fingerprint density at radius 1 is 0.318 bits per heavy atom. The lowest BCUT2D eigenvalue weighted by molar-refractivity contribution is 0.591. The third-order valence-electron chi connectivity index (χ3n) is 9.17. The topological polar surface area (TPSA) is 0 Å². The van der Waals surface area contributed by atoms with Gasteiger partial charge in [-0.2, -0.15) is 0 Å². The van der Waals surface area contributed by atoms with Crippen molar-refractivity contribution in [2.24, 2.45) is 0 Å². The number of rotatable bonds is 3. The van der Waals surface area contributed by atoms with Crippen LogP contribution >= 0.6 is 0 Å². The summed E-state index contributed by atoms with van der Waals surface area (Å²) in [5.41, 5.74) is 8.94. The fraction of sp³-hybridized carbons (Fsp3) is 0.0909. The van der Waals surface area contributed by atoms with E-state index in [1.165, 1.54) is 82.0 Å². The molecule has 0 radical (unpaired) electrons. The van der Waals surface area contributed by atoms with E-state index < -0.39 is 0 Å². The molecule has 0 aliphatic heterocycles. The van der Waals surface area contributed by atoms with E-state index in [1.807, 2.05) is 0 Å². The first-order valence-electron chi connectivity index (χ1n) is 15.5. The second-order valence-electron chi connectivity index (χ2n) is 13.0. The maximum Gasteiger partial charge on any atom is -0.00259 e. The Balaban J connectivity index is 1.54. The molecule has 0 heteroatoms. The standard InChI is InChI=1S/C44H34/c1-44(2,3)37-22-24-39-41(28-37)43(36-20-18-31-14-8-10-16-33(31)26-36)38-23-21-34(29-11-5-4-6-12-29)27-40(38)42(39)35-19-17-30-13-7-9-15-32(30)25-35/h4-28H,1-3H3. The van der Waals surface area contributed by atoms with Crippen LogP contribution in [0.4, 0.5) is 0 Å². The third kappa shape index (κ3) is 4.46. The summed E-state index contributed by atoms with van der Waals surface area (Å²) in [6.45, 7) is 6.92. The normalized spacial score (nSPS) is 12.0. The molecule has 210 valence electrons. The highest BCUT2D eigenvalue weighted by Crippen LogP contribution is 2.46. The number of fused-ring (bicyclic) bond motifs is 4. The molecule has 0 saturated heterocycles. The van der Waals surface area contributed by atoms with Gasteiger partial charge < -0.3 is 0 Å². The minimum atomic E-state index is 0.0318. The van der Waals surface area contributed by atoms with Gasteiger partial charge in [0.2, 0.25) is 0 Å². The SMILES string of the molecule is CC(C)(C)c1ccc2c(-c3ccc4ccccc4c3)c3cc(-c4ccccc4)ccc3c(-c3ccc4ccccc4c3)c2c1. The predicted octanol–water partition coefficient (Wildman–Crippen LogP) is 12.6. The summed E-state index contributed by atoms with van der Waals surface area (Å²) in [4.78, 5) is 0. The number of hydrogen-bond donors (Lipinski definition) is 0. The van der Waals surface area contributed by atoms with E-state index in [9.17, 15) is 0 Å². The molecule has 8 aromatic rings. The van der Waals surface area contributed by atoms with Crippen molar-refractivity contribution in [3.05, 3.63) is 157 Å². The molecule has 0 saturated carbocycles. The summed E-state index contributed by atoms with van der Waals surface area (Å²) in [5, 5.41) is 10.2. The fourth-order valence-electron chi connectivity index (χ4n) is 6.82. The summed E-state index contributed by atoms with van der Waals surface area (Å²) in [7, 11) is 0. The molecule has 0 amide bonds. The van der Waals surface area contributed by atoms with Gasteiger partial charge >= 0.3 is 0 Å². The van der Waals surface area contributed by atoms with Gasteiger partial charge in [0.25, 0.3) is 0 Å². The van der Waals surface area contributed by atoms with Gasteiger partial charge in [0.15, 0.2) is 0 Å². The van der Waals surface area contributed by atoms with E-state index >= 15 is 0 Å². The van der Waals surface area contributed by atoms with Gasteiger partial charge in [-0.05, 0) is 112 Å². The van der Waals surface area contributed by atoms with E-state index in [0.717, 1.165) is 0 Å². The highest BCUT2D eigenvalue weighted by Gasteiger charge is 2.21. The van der Waals surface area contributed by atoms with Crippen LogP contribution in [0.25, 0.3) is 76.5 Å². The third-order valence-corrected chi connectivity index (χ3v) is 9.17. The van der Waals surface area contributed by atoms with Crippen LogP contribution in [0.1, 0.15) is 26.3 Å². The minimum Gasteiger partial charge on any atom is -0.0622 e. The van der Waals surface area contributed by atoms with Crippen LogP contribution in [0.2, 0.25) is 0 Å². The Hall–Kier alpha value is -5.20. The van der Waals surface area contributed by atoms with Crippen LogP contribution in [0.5, 0.6) is 0 Å². The van der Waals surface area contributed by atoms with Crippen molar-refractivity contribution in [3.8, 4) is 33.4 Å². The van der Waals surface area contributed by atoms with Gasteiger partial charge in [-0.25, -0.2) is 0 Å². The summed E-state index contributed by atoms with van der Waals surface area (Å²) >= 11 is 0. The maximum absolute atomic E-state index is 2.45. The number of hydrogen-bond acceptors (Lipinski definition) is 0. The highest BCUT2D eigenvalue weighted by molar-refractivity contribution is 6.22. The zero-order valence-electron chi connectivity index (χ0n) is 25.4. The molecule has 0 aliphatic carbocycles. The zero-order chi connectivity index (χ0) is 29.8. The Labute approximate surface area is 259 Å². The summed E-state index contributed by atoms with van der Waals surface area (Å²) in [6.07, 6.45) is 0. The van der Waals surface area contributed by atoms with E-state index in [2.05, 4.69) is 172 Å². The van der Waals surface area contributed by atoms with Crippen molar-refractivity contribution in [3.63, 3.8) is 0 Å². The van der Waals surface area contributed by atoms with Crippen molar-refractivity contribution in [2.75, 3.05) is 0 Å². The lowest BCUT2D eigenvalue weighted by Crippen LogP contribution is -2.10. The smallest absolute Gasteiger partial charge is 0.00259 e. The van der Waals surface area contributed by atoms with Crippen molar-refractivity contribution in [1.82, 2.24) is 0 Å². The van der Waals surface area contributed by atoms with Crippen molar-refractivity contribution < 1.29 is 0 Å². The van der Waals surface area contributed by atoms with Crippen molar-refractivity contribution in [1.29, 1.82) is 0 Å². The van der Waals surface area contributed by atoms with Gasteiger partial charge in [0, 0.05) is 0 Å². The summed E-state index contributed by atoms with van der Waals surface area (Å²) in [6, 6.07) is 56.2. The molecular formula is C44H34. The molecule has 0 heterocycles. The Kier molecular flexibility index (Phi) is 6.13. The molecule has 0 nitrogen and oxygen atoms in total. The molecule has 0 unspecified atom stereocenters. The van der Waals surface area contributed by atoms with Gasteiger partial charge in [-0.15, -0.1) is 0 Å². The van der Waals surface area contributed by atoms with Gasteiger partial charge in [0.1, 0.15) is 0 Å². The first-order chi connectivity index (χ1) is 21.4. The molecule has 0 N–H and O–H groups in total. The molecule has 44 heavy (non-hydrogen) atoms. The molecule has 0 aliphatic rings. The average Bonchev–Trinajstić information content (AvgIpc) is 3.06. The van der Waals surface area contributed by atoms with Gasteiger partial charge in [0.05, 0.1) is 0 Å². The molecule has 8 rings (SSSR count). The minimum absolute atomic E-state index is 0.0318. The Bertz CT molecular complexity index is 2350. The molecule has 0 atom stereocenters. The number of benzene rings is 8. The molecule has 0 bridgehead atoms. The van der Waals surface area contributed by atoms with E-state index in [4.69, 9.17) is 0 Å². The molecule has 8 aromatic carbocycles. The largest absolute Gasteiger partial charge is 0.0622 e. The van der Waals surface area contributed by atoms with Crippen molar-refractivity contribution in [2.45, 2.75) is 26.2 Å². The highest BCUT2D eigenvalue weighted by atomic mass is 14.2. The lowest BCUT2D eigenvalue weighted by atomic mass is 9.80. The van der Waals surface area contributed by atoms with E-state index in [-0.39, 0.29) is 5.41 Å². The van der Waals surface area contributed by atoms with Crippen LogP contribution in [-0.2, 0) is 5.41 Å². The summed E-state index contributed by atoms with van der Waals surface area (Å²) in [5.74, 6) is 0. The second kappa shape index (κ2) is 10.2. The van der Waals surface area contributed by atoms with Crippen LogP contribution in [-0.4, -0.2) is 0 Å². The molecule has 0 spiro atoms. The van der Waals surface area contributed by atoms with Crippen LogP contribution in [0.3, 0.4) is 0 Å². The second-order valence-corrected chi connectivity index (χ2v) is 13.0. The van der Waals surface area contributed by atoms with Crippen LogP contribution < -0.4 is 0 Å². The Morgan fingerprint density at radius 3 is 1.36 bits per heavy atom. The fourth-order valence-corrected chi connectivity index (χ4v) is 6.82. The van der Waals surface area contributed by atoms with E-state index in [0.29, 0.717) is 0 Å². The van der Waals surface area contributed by atoms with Crippen molar-refractivity contribution >= 4 is 43.1 Å².